The molecule has 0 atom stereocenters. The lowest BCUT2D eigenvalue weighted by atomic mass is 10.2. The molecule has 0 aromatic carbocycles. The Morgan fingerprint density at radius 1 is 1.19 bits per heavy atom. The van der Waals surface area contributed by atoms with Crippen molar-refractivity contribution in [3.8, 4) is 11.3 Å². The minimum Gasteiger partial charge on any atom is -0.318 e. The highest BCUT2D eigenvalue weighted by molar-refractivity contribution is 6.33. The smallest absolute Gasteiger partial charge is 0.318 e. The molecule has 0 aliphatic heterocycles. The monoisotopic (exact) mass is 447 g/mol. The molecule has 0 radical (unpaired) electrons. The van der Waals surface area contributed by atoms with Crippen molar-refractivity contribution in [2.45, 2.75) is 12.6 Å². The minimum atomic E-state index is -4.38. The highest BCUT2D eigenvalue weighted by Gasteiger charge is 2.30. The molecule has 0 saturated carbocycles. The molecule has 31 heavy (non-hydrogen) atoms. The first-order chi connectivity index (χ1) is 14.8. The van der Waals surface area contributed by atoms with Crippen molar-refractivity contribution in [3.63, 3.8) is 0 Å². The van der Waals surface area contributed by atoms with Crippen LogP contribution in [0, 0.1) is 0 Å². The van der Waals surface area contributed by atoms with Crippen LogP contribution in [0.25, 0.3) is 22.4 Å². The van der Waals surface area contributed by atoms with Crippen LogP contribution in [0.2, 0.25) is 5.02 Å². The maximum absolute atomic E-state index is 12.8. The predicted octanol–water partition coefficient (Wildman–Crippen LogP) is 3.67. The Morgan fingerprint density at radius 3 is 2.77 bits per heavy atom. The van der Waals surface area contributed by atoms with Crippen molar-refractivity contribution in [1.82, 2.24) is 38.7 Å². The summed E-state index contributed by atoms with van der Waals surface area (Å²) >= 11 is 6.33. The number of aromatic nitrogens is 8. The van der Waals surface area contributed by atoms with E-state index in [0.29, 0.717) is 39.2 Å². The van der Waals surface area contributed by atoms with E-state index in [-0.39, 0.29) is 5.82 Å². The first-order valence-electron chi connectivity index (χ1n) is 8.97. The second-order valence-electron chi connectivity index (χ2n) is 6.78. The van der Waals surface area contributed by atoms with Gasteiger partial charge in [-0.2, -0.15) is 18.3 Å². The van der Waals surface area contributed by atoms with Gasteiger partial charge in [-0.3, -0.25) is 9.08 Å². The molecule has 0 aliphatic carbocycles. The highest BCUT2D eigenvalue weighted by atomic mass is 35.5. The fourth-order valence-electron chi connectivity index (χ4n) is 3.25. The molecule has 0 unspecified atom stereocenters. The summed E-state index contributed by atoms with van der Waals surface area (Å²) in [6.45, 7) is 0. The van der Waals surface area contributed by atoms with E-state index in [0.717, 1.165) is 0 Å². The van der Waals surface area contributed by atoms with Gasteiger partial charge in [0.1, 0.15) is 18.1 Å². The number of fused-ring (bicyclic) bond motifs is 3. The van der Waals surface area contributed by atoms with Gasteiger partial charge in [-0.15, -0.1) is 10.2 Å². The van der Waals surface area contributed by atoms with Gasteiger partial charge in [-0.25, -0.2) is 9.97 Å². The van der Waals surface area contributed by atoms with Crippen molar-refractivity contribution in [2.75, 3.05) is 5.32 Å². The summed E-state index contributed by atoms with van der Waals surface area (Å²) in [6, 6.07) is 3.51. The molecule has 158 valence electrons. The SMILES string of the molecule is Cn1nccc1Nc1ncc(Cl)c(-c2cc3c4nnc(CC(F)(F)F)n4ccn3c2)n1. The summed E-state index contributed by atoms with van der Waals surface area (Å²) in [5, 5.41) is 15.1. The lowest BCUT2D eigenvalue weighted by Crippen LogP contribution is -2.14. The Balaban J connectivity index is 1.57. The quantitative estimate of drug-likeness (QED) is 0.452. The zero-order valence-electron chi connectivity index (χ0n) is 15.8. The van der Waals surface area contributed by atoms with Crippen LogP contribution in [0.15, 0.2) is 43.1 Å². The number of nitrogens with zero attached hydrogens (tertiary/aromatic N) is 8. The van der Waals surface area contributed by atoms with Gasteiger partial charge in [0, 0.05) is 37.3 Å². The standard InChI is InChI=1S/C18H13ClF3N9/c1-29-13(2-3-24-29)25-17-23-8-11(19)15(26-17)10-6-12-16-28-27-14(7-18(20,21)22)31(16)5-4-30(12)9-10/h2-6,8-9H,7H2,1H3,(H,23,25,26). The van der Waals surface area contributed by atoms with Gasteiger partial charge in [-0.1, -0.05) is 11.6 Å². The second kappa shape index (κ2) is 6.94. The molecule has 5 aromatic rings. The average molecular weight is 448 g/mol. The third kappa shape index (κ3) is 3.54. The molecule has 0 fully saturated rings. The molecule has 0 aliphatic rings. The number of hydrogen-bond acceptors (Lipinski definition) is 6. The summed E-state index contributed by atoms with van der Waals surface area (Å²) in [7, 11) is 1.77. The Kier molecular flexibility index (Phi) is 4.32. The number of anilines is 2. The number of halogens is 4. The topological polar surface area (TPSA) is 90.2 Å². The van der Waals surface area contributed by atoms with E-state index in [4.69, 9.17) is 11.6 Å². The summed E-state index contributed by atoms with van der Waals surface area (Å²) in [5.41, 5.74) is 1.97. The molecule has 0 saturated heterocycles. The molecule has 5 heterocycles. The number of alkyl halides is 3. The van der Waals surface area contributed by atoms with Crippen LogP contribution >= 0.6 is 11.6 Å². The Labute approximate surface area is 177 Å². The summed E-state index contributed by atoms with van der Waals surface area (Å²) in [4.78, 5) is 8.67. The minimum absolute atomic E-state index is 0.185. The van der Waals surface area contributed by atoms with Gasteiger partial charge in [0.25, 0.3) is 0 Å². The summed E-state index contributed by atoms with van der Waals surface area (Å²) < 4.78 is 43.1. The maximum Gasteiger partial charge on any atom is 0.396 e. The number of nitrogens with one attached hydrogen (secondary N) is 1. The van der Waals surface area contributed by atoms with E-state index >= 15 is 0 Å². The maximum atomic E-state index is 12.8. The van der Waals surface area contributed by atoms with E-state index in [1.54, 1.807) is 46.9 Å². The Hall–Kier alpha value is -3.67. The van der Waals surface area contributed by atoms with Gasteiger partial charge in [0.15, 0.2) is 5.65 Å². The number of hydrogen-bond donors (Lipinski definition) is 1. The zero-order chi connectivity index (χ0) is 21.8. The Bertz CT molecular complexity index is 1420. The third-order valence-corrected chi connectivity index (χ3v) is 4.93. The molecule has 0 spiro atoms. The average Bonchev–Trinajstić information content (AvgIpc) is 3.41. The fraction of sp³-hybridized carbons (Fsp3) is 0.167. The van der Waals surface area contributed by atoms with E-state index in [2.05, 4.69) is 30.6 Å². The molecular weight excluding hydrogens is 435 g/mol. The highest BCUT2D eigenvalue weighted by Crippen LogP contribution is 2.30. The van der Waals surface area contributed by atoms with Crippen molar-refractivity contribution in [1.29, 1.82) is 0 Å². The predicted molar refractivity (Wildman–Crippen MR) is 106 cm³/mol. The van der Waals surface area contributed by atoms with Crippen molar-refractivity contribution < 1.29 is 13.2 Å². The first-order valence-corrected chi connectivity index (χ1v) is 9.35. The summed E-state index contributed by atoms with van der Waals surface area (Å²) in [6.07, 6.45) is 2.43. The molecule has 5 aromatic heterocycles. The number of rotatable bonds is 4. The normalized spacial score (nSPS) is 12.2. The van der Waals surface area contributed by atoms with Crippen LogP contribution in [-0.2, 0) is 13.5 Å². The molecular formula is C18H13ClF3N9. The van der Waals surface area contributed by atoms with Gasteiger partial charge in [0.05, 0.1) is 28.6 Å². The lowest BCUT2D eigenvalue weighted by Gasteiger charge is -2.07. The zero-order valence-corrected chi connectivity index (χ0v) is 16.6. The van der Waals surface area contributed by atoms with Crippen LogP contribution in [0.3, 0.4) is 0 Å². The van der Waals surface area contributed by atoms with Crippen LogP contribution < -0.4 is 5.32 Å². The van der Waals surface area contributed by atoms with E-state index < -0.39 is 12.6 Å². The Morgan fingerprint density at radius 2 is 2.03 bits per heavy atom. The van der Waals surface area contributed by atoms with Crippen LogP contribution in [0.4, 0.5) is 24.9 Å². The fourth-order valence-corrected chi connectivity index (χ4v) is 3.45. The molecule has 5 rings (SSSR count). The van der Waals surface area contributed by atoms with E-state index in [1.807, 2.05) is 0 Å². The van der Waals surface area contributed by atoms with Gasteiger partial charge >= 0.3 is 6.18 Å². The van der Waals surface area contributed by atoms with Gasteiger partial charge in [-0.05, 0) is 6.07 Å². The lowest BCUT2D eigenvalue weighted by molar-refractivity contribution is -0.128. The van der Waals surface area contributed by atoms with Crippen LogP contribution in [0.5, 0.6) is 0 Å². The van der Waals surface area contributed by atoms with E-state index in [9.17, 15) is 13.2 Å². The molecule has 0 bridgehead atoms. The van der Waals surface area contributed by atoms with E-state index in [1.165, 1.54) is 16.8 Å². The molecule has 1 N–H and O–H groups in total. The van der Waals surface area contributed by atoms with Gasteiger partial charge in [0.2, 0.25) is 5.95 Å². The van der Waals surface area contributed by atoms with Crippen LogP contribution in [-0.4, -0.2) is 44.9 Å². The molecule has 13 heteroatoms. The van der Waals surface area contributed by atoms with Crippen molar-refractivity contribution in [3.05, 3.63) is 54.0 Å². The van der Waals surface area contributed by atoms with Gasteiger partial charge < -0.3 is 9.72 Å². The van der Waals surface area contributed by atoms with Crippen molar-refractivity contribution in [2.24, 2.45) is 7.05 Å². The summed E-state index contributed by atoms with van der Waals surface area (Å²) in [5.74, 6) is 0.825. The molecule has 0 amide bonds. The number of aryl methyl sites for hydroxylation is 1. The van der Waals surface area contributed by atoms with Crippen molar-refractivity contribution >= 4 is 34.5 Å². The first kappa shape index (κ1) is 19.3. The van der Waals surface area contributed by atoms with Crippen LogP contribution in [0.1, 0.15) is 5.82 Å². The largest absolute Gasteiger partial charge is 0.396 e. The third-order valence-electron chi connectivity index (χ3n) is 4.66. The molecule has 9 nitrogen and oxygen atoms in total. The second-order valence-corrected chi connectivity index (χ2v) is 7.18.